The number of anilines is 1. The molecule has 1 amide bonds. The number of methoxy groups -OCH3 is 2. The number of thioether (sulfide) groups is 1. The van der Waals surface area contributed by atoms with E-state index in [1.165, 1.54) is 11.5 Å². The van der Waals surface area contributed by atoms with E-state index in [0.29, 0.717) is 45.4 Å². The maximum Gasteiger partial charge on any atom is 0.241 e. The van der Waals surface area contributed by atoms with Crippen LogP contribution in [0.4, 0.5) is 5.95 Å². The minimum Gasteiger partial charge on any atom is -0.497 e. The summed E-state index contributed by atoms with van der Waals surface area (Å²) in [5.41, 5.74) is 3.26. The van der Waals surface area contributed by atoms with Gasteiger partial charge < -0.3 is 9.47 Å². The lowest BCUT2D eigenvalue weighted by molar-refractivity contribution is -0.113. The molecule has 0 spiro atoms. The van der Waals surface area contributed by atoms with Gasteiger partial charge in [-0.2, -0.15) is 14.6 Å². The molecule has 0 unspecified atom stereocenters. The van der Waals surface area contributed by atoms with Gasteiger partial charge in [0.15, 0.2) is 5.78 Å². The first kappa shape index (κ1) is 28.3. The minimum absolute atomic E-state index is 0.0169. The summed E-state index contributed by atoms with van der Waals surface area (Å²) in [5.74, 6) is 1.22. The van der Waals surface area contributed by atoms with Crippen molar-refractivity contribution >= 4 is 40.9 Å². The molecular weight excluding hydrogens is 558 g/mol. The van der Waals surface area contributed by atoms with Crippen LogP contribution >= 0.6 is 23.3 Å². The molecule has 9 nitrogen and oxygen atoms in total. The van der Waals surface area contributed by atoms with Crippen LogP contribution < -0.4 is 14.8 Å². The van der Waals surface area contributed by atoms with Crippen molar-refractivity contribution in [2.75, 3.05) is 25.3 Å². The first-order valence-electron chi connectivity index (χ1n) is 12.8. The number of hydrogen-bond donors (Lipinski definition) is 1. The molecule has 2 aromatic carbocycles. The number of nitrogens with one attached hydrogen (secondary N) is 1. The van der Waals surface area contributed by atoms with Crippen LogP contribution in [0.2, 0.25) is 0 Å². The molecule has 0 saturated heterocycles. The van der Waals surface area contributed by atoms with Crippen LogP contribution in [-0.2, 0) is 11.2 Å². The normalized spacial score (nSPS) is 13.7. The van der Waals surface area contributed by atoms with Crippen molar-refractivity contribution in [1.82, 2.24) is 14.3 Å². The van der Waals surface area contributed by atoms with Crippen LogP contribution in [0.3, 0.4) is 0 Å². The Morgan fingerprint density at radius 3 is 2.24 bits per heavy atom. The van der Waals surface area contributed by atoms with Gasteiger partial charge in [-0.25, -0.2) is 4.98 Å². The second-order valence-electron chi connectivity index (χ2n) is 10.3. The summed E-state index contributed by atoms with van der Waals surface area (Å²) in [6.45, 7) is 4.06. The highest BCUT2D eigenvalue weighted by Crippen LogP contribution is 2.42. The standard InChI is InChI=1S/C30H27N5O4S2/c1-30(2)13-22-26(23(36)14-30)25(17-5-9-19(38-3)10-6-17)21(15-31)28(32-22)40-16-24(37)33-29-34-27(41-35-29)18-7-11-20(39-4)12-8-18/h5-12H,13-14,16H2,1-4H3,(H,33,35,37). The van der Waals surface area contributed by atoms with Crippen LogP contribution in [0.1, 0.15) is 41.9 Å². The number of Topliss-reactive ketones (excluding diaryl/α,β-unsaturated/α-hetero) is 1. The van der Waals surface area contributed by atoms with Crippen molar-refractivity contribution in [3.05, 3.63) is 65.4 Å². The molecule has 208 valence electrons. The molecule has 0 atom stereocenters. The zero-order chi connectivity index (χ0) is 29.1. The van der Waals surface area contributed by atoms with Crippen LogP contribution in [0, 0.1) is 16.7 Å². The van der Waals surface area contributed by atoms with Crippen molar-refractivity contribution in [3.8, 4) is 39.3 Å². The van der Waals surface area contributed by atoms with Crippen LogP contribution in [-0.4, -0.2) is 46.0 Å². The van der Waals surface area contributed by atoms with Crippen LogP contribution in [0.25, 0.3) is 21.7 Å². The average Bonchev–Trinajstić information content (AvgIpc) is 3.43. The van der Waals surface area contributed by atoms with Gasteiger partial charge >= 0.3 is 0 Å². The molecule has 11 heteroatoms. The molecule has 2 aromatic heterocycles. The van der Waals surface area contributed by atoms with E-state index in [-0.39, 0.29) is 34.4 Å². The third-order valence-corrected chi connectivity index (χ3v) is 8.39. The maximum absolute atomic E-state index is 13.3. The lowest BCUT2D eigenvalue weighted by atomic mass is 9.73. The van der Waals surface area contributed by atoms with Gasteiger partial charge in [0.25, 0.3) is 0 Å². The average molecular weight is 586 g/mol. The van der Waals surface area contributed by atoms with Gasteiger partial charge in [0.1, 0.15) is 27.6 Å². The Labute approximate surface area is 246 Å². The van der Waals surface area contributed by atoms with E-state index < -0.39 is 0 Å². The Morgan fingerprint density at radius 2 is 1.63 bits per heavy atom. The number of pyridine rings is 1. The van der Waals surface area contributed by atoms with Crippen molar-refractivity contribution in [2.24, 2.45) is 5.41 Å². The third kappa shape index (κ3) is 6.09. The first-order chi connectivity index (χ1) is 19.7. The predicted molar refractivity (Wildman–Crippen MR) is 159 cm³/mol. The van der Waals surface area contributed by atoms with E-state index in [4.69, 9.17) is 14.5 Å². The highest BCUT2D eigenvalue weighted by Gasteiger charge is 2.36. The highest BCUT2D eigenvalue weighted by atomic mass is 32.2. The largest absolute Gasteiger partial charge is 0.497 e. The smallest absolute Gasteiger partial charge is 0.241 e. The van der Waals surface area contributed by atoms with Gasteiger partial charge in [-0.3, -0.25) is 14.9 Å². The minimum atomic E-state index is -0.333. The molecular formula is C30H27N5O4S2. The monoisotopic (exact) mass is 585 g/mol. The number of benzene rings is 2. The summed E-state index contributed by atoms with van der Waals surface area (Å²) in [4.78, 5) is 35.4. The first-order valence-corrected chi connectivity index (χ1v) is 14.5. The summed E-state index contributed by atoms with van der Waals surface area (Å²) in [6, 6.07) is 16.9. The third-order valence-electron chi connectivity index (χ3n) is 6.65. The Hall–Kier alpha value is -4.27. The second kappa shape index (κ2) is 11.7. The van der Waals surface area contributed by atoms with E-state index in [0.717, 1.165) is 28.6 Å². The summed E-state index contributed by atoms with van der Waals surface area (Å²) >= 11 is 2.33. The zero-order valence-electron chi connectivity index (χ0n) is 23.0. The number of nitrogens with zero attached hydrogens (tertiary/aromatic N) is 4. The molecule has 0 saturated carbocycles. The van der Waals surface area contributed by atoms with Gasteiger partial charge in [0.05, 0.1) is 31.2 Å². The summed E-state index contributed by atoms with van der Waals surface area (Å²) in [5, 5.41) is 14.0. The highest BCUT2D eigenvalue weighted by molar-refractivity contribution is 8.00. The van der Waals surface area contributed by atoms with Gasteiger partial charge in [-0.05, 0) is 65.3 Å². The molecule has 0 aliphatic heterocycles. The topological polar surface area (TPSA) is 127 Å². The lowest BCUT2D eigenvalue weighted by Gasteiger charge is -2.31. The Balaban J connectivity index is 1.41. The number of nitriles is 1. The number of ketones is 1. The number of carbonyl (C=O) groups excluding carboxylic acids is 2. The van der Waals surface area contributed by atoms with E-state index in [9.17, 15) is 14.9 Å². The van der Waals surface area contributed by atoms with Crippen molar-refractivity contribution in [3.63, 3.8) is 0 Å². The number of fused-ring (bicyclic) bond motifs is 1. The van der Waals surface area contributed by atoms with Gasteiger partial charge in [0, 0.05) is 23.1 Å². The molecule has 4 aromatic rings. The SMILES string of the molecule is COc1ccc(-c2nc(NC(=O)CSc3nc4c(c(-c5ccc(OC)cc5)c3C#N)C(=O)CC(C)(C)C4)ns2)cc1. The molecule has 0 fully saturated rings. The molecule has 41 heavy (non-hydrogen) atoms. The fourth-order valence-electron chi connectivity index (χ4n) is 4.75. The molecule has 1 aliphatic rings. The predicted octanol–water partition coefficient (Wildman–Crippen LogP) is 6.04. The van der Waals surface area contributed by atoms with E-state index >= 15 is 0 Å². The second-order valence-corrected chi connectivity index (χ2v) is 12.0. The maximum atomic E-state index is 13.3. The lowest BCUT2D eigenvalue weighted by Crippen LogP contribution is -2.29. The number of amides is 1. The Kier molecular flexibility index (Phi) is 8.06. The summed E-state index contributed by atoms with van der Waals surface area (Å²) < 4.78 is 14.7. The number of ether oxygens (including phenoxy) is 2. The summed E-state index contributed by atoms with van der Waals surface area (Å²) in [7, 11) is 3.18. The number of hydrogen-bond acceptors (Lipinski definition) is 10. The molecule has 5 rings (SSSR count). The van der Waals surface area contributed by atoms with Gasteiger partial charge in [-0.15, -0.1) is 0 Å². The molecule has 2 heterocycles. The number of carbonyl (C=O) groups is 2. The molecule has 1 N–H and O–H groups in total. The molecule has 0 bridgehead atoms. The number of aromatic nitrogens is 3. The van der Waals surface area contributed by atoms with Crippen LogP contribution in [0.5, 0.6) is 11.5 Å². The van der Waals surface area contributed by atoms with E-state index in [1.54, 1.807) is 26.4 Å². The van der Waals surface area contributed by atoms with Crippen molar-refractivity contribution < 1.29 is 19.1 Å². The summed E-state index contributed by atoms with van der Waals surface area (Å²) in [6.07, 6.45) is 0.948. The fourth-order valence-corrected chi connectivity index (χ4v) is 6.19. The number of rotatable bonds is 8. The van der Waals surface area contributed by atoms with Crippen molar-refractivity contribution in [1.29, 1.82) is 5.26 Å². The fraction of sp³-hybridized carbons (Fsp3) is 0.267. The molecule has 1 aliphatic carbocycles. The Morgan fingerprint density at radius 1 is 1.00 bits per heavy atom. The quantitative estimate of drug-likeness (QED) is 0.246. The van der Waals surface area contributed by atoms with Gasteiger partial charge in [0.2, 0.25) is 11.9 Å². The van der Waals surface area contributed by atoms with Crippen molar-refractivity contribution in [2.45, 2.75) is 31.7 Å². The van der Waals surface area contributed by atoms with Crippen LogP contribution in [0.15, 0.2) is 53.6 Å². The molecule has 0 radical (unpaired) electrons. The zero-order valence-corrected chi connectivity index (χ0v) is 24.6. The van der Waals surface area contributed by atoms with E-state index in [2.05, 4.69) is 20.7 Å². The van der Waals surface area contributed by atoms with Gasteiger partial charge in [-0.1, -0.05) is 37.7 Å². The Bertz CT molecular complexity index is 1660. The van der Waals surface area contributed by atoms with E-state index in [1.807, 2.05) is 50.2 Å².